The zero-order valence-electron chi connectivity index (χ0n) is 13.5. The number of halogens is 1. The number of anilines is 1. The molecule has 0 fully saturated rings. The maximum atomic E-state index is 12.1. The van der Waals surface area contributed by atoms with E-state index < -0.39 is 21.5 Å². The van der Waals surface area contributed by atoms with E-state index in [0.29, 0.717) is 23.6 Å². The van der Waals surface area contributed by atoms with Crippen LogP contribution in [-0.4, -0.2) is 25.8 Å². The molecule has 0 saturated heterocycles. The van der Waals surface area contributed by atoms with E-state index in [4.69, 9.17) is 11.6 Å². The summed E-state index contributed by atoms with van der Waals surface area (Å²) in [6.45, 7) is 1.82. The summed E-state index contributed by atoms with van der Waals surface area (Å²) in [6.07, 6.45) is 1.17. The average Bonchev–Trinajstić information content (AvgIpc) is 2.51. The van der Waals surface area contributed by atoms with Gasteiger partial charge in [-0.1, -0.05) is 48.0 Å². The molecule has 4 nitrogen and oxygen atoms in total. The lowest BCUT2D eigenvalue weighted by molar-refractivity contribution is -0.113. The van der Waals surface area contributed by atoms with Crippen LogP contribution in [0.15, 0.2) is 48.5 Å². The molecule has 2 aromatic rings. The van der Waals surface area contributed by atoms with Crippen LogP contribution in [0.3, 0.4) is 0 Å². The van der Waals surface area contributed by atoms with Crippen LogP contribution in [0.4, 0.5) is 5.69 Å². The number of aryl methyl sites for hydroxylation is 2. The Morgan fingerprint density at radius 2 is 1.83 bits per heavy atom. The Labute approximate surface area is 147 Å². The maximum absolute atomic E-state index is 12.1. The fourth-order valence-corrected chi connectivity index (χ4v) is 3.70. The highest BCUT2D eigenvalue weighted by Gasteiger charge is 2.17. The molecule has 0 radical (unpaired) electrons. The summed E-state index contributed by atoms with van der Waals surface area (Å²) in [5.74, 6) is -1.07. The molecule has 1 amide bonds. The zero-order valence-corrected chi connectivity index (χ0v) is 15.0. The molecule has 2 aromatic carbocycles. The molecular weight excluding hydrogens is 346 g/mol. The molecule has 0 aliphatic heterocycles. The summed E-state index contributed by atoms with van der Waals surface area (Å²) in [5, 5.41) is 3.10. The van der Waals surface area contributed by atoms with Gasteiger partial charge in [-0.15, -0.1) is 0 Å². The summed E-state index contributed by atoms with van der Waals surface area (Å²) in [4.78, 5) is 12.0. The van der Waals surface area contributed by atoms with Gasteiger partial charge in [0, 0.05) is 10.7 Å². The highest BCUT2D eigenvalue weighted by atomic mass is 35.5. The normalized spacial score (nSPS) is 11.2. The SMILES string of the molecule is Cc1ccc(Cl)cc1NC(=O)CS(=O)(=O)CCCc1ccccc1. The quantitative estimate of drug-likeness (QED) is 0.814. The summed E-state index contributed by atoms with van der Waals surface area (Å²) in [6, 6.07) is 14.8. The third-order valence-electron chi connectivity index (χ3n) is 3.59. The number of hydrogen-bond donors (Lipinski definition) is 1. The predicted octanol–water partition coefficient (Wildman–Crippen LogP) is 3.63. The Bertz CT molecular complexity index is 804. The van der Waals surface area contributed by atoms with Gasteiger partial charge < -0.3 is 5.32 Å². The van der Waals surface area contributed by atoms with E-state index in [0.717, 1.165) is 11.1 Å². The molecule has 0 aliphatic rings. The monoisotopic (exact) mass is 365 g/mol. The van der Waals surface area contributed by atoms with Crippen molar-refractivity contribution in [2.24, 2.45) is 0 Å². The van der Waals surface area contributed by atoms with E-state index in [-0.39, 0.29) is 5.75 Å². The van der Waals surface area contributed by atoms with Gasteiger partial charge in [0.25, 0.3) is 0 Å². The number of carbonyl (C=O) groups is 1. The minimum absolute atomic E-state index is 0.0101. The van der Waals surface area contributed by atoms with E-state index >= 15 is 0 Å². The summed E-state index contributed by atoms with van der Waals surface area (Å²) in [5.41, 5.74) is 2.45. The van der Waals surface area contributed by atoms with Crippen LogP contribution in [0.25, 0.3) is 0 Å². The van der Waals surface area contributed by atoms with Gasteiger partial charge >= 0.3 is 0 Å². The van der Waals surface area contributed by atoms with Crippen molar-refractivity contribution in [2.75, 3.05) is 16.8 Å². The Morgan fingerprint density at radius 3 is 2.54 bits per heavy atom. The Kier molecular flexibility index (Phi) is 6.40. The molecule has 0 unspecified atom stereocenters. The summed E-state index contributed by atoms with van der Waals surface area (Å²) < 4.78 is 24.2. The fraction of sp³-hybridized carbons (Fsp3) is 0.278. The molecule has 0 bridgehead atoms. The van der Waals surface area contributed by atoms with Crippen molar-refractivity contribution in [3.63, 3.8) is 0 Å². The first kappa shape index (κ1) is 18.5. The van der Waals surface area contributed by atoms with E-state index in [2.05, 4.69) is 5.32 Å². The van der Waals surface area contributed by atoms with Crippen molar-refractivity contribution >= 4 is 33.0 Å². The van der Waals surface area contributed by atoms with Crippen molar-refractivity contribution in [3.05, 3.63) is 64.7 Å². The van der Waals surface area contributed by atoms with Crippen LogP contribution >= 0.6 is 11.6 Å². The number of sulfone groups is 1. The van der Waals surface area contributed by atoms with E-state index in [1.165, 1.54) is 0 Å². The molecule has 0 atom stereocenters. The van der Waals surface area contributed by atoms with Gasteiger partial charge in [-0.25, -0.2) is 8.42 Å². The van der Waals surface area contributed by atoms with Gasteiger partial charge in [-0.3, -0.25) is 4.79 Å². The van der Waals surface area contributed by atoms with Crippen LogP contribution < -0.4 is 5.32 Å². The van der Waals surface area contributed by atoms with Crippen molar-refractivity contribution in [3.8, 4) is 0 Å². The lowest BCUT2D eigenvalue weighted by Crippen LogP contribution is -2.25. The topological polar surface area (TPSA) is 63.2 Å². The van der Waals surface area contributed by atoms with Crippen molar-refractivity contribution in [2.45, 2.75) is 19.8 Å². The third-order valence-corrected chi connectivity index (χ3v) is 5.44. The minimum atomic E-state index is -3.44. The van der Waals surface area contributed by atoms with Crippen molar-refractivity contribution in [1.82, 2.24) is 0 Å². The molecular formula is C18H20ClNO3S. The number of hydrogen-bond acceptors (Lipinski definition) is 3. The minimum Gasteiger partial charge on any atom is -0.325 e. The van der Waals surface area contributed by atoms with Crippen LogP contribution in [-0.2, 0) is 21.1 Å². The molecule has 0 aromatic heterocycles. The molecule has 1 N–H and O–H groups in total. The number of nitrogens with one attached hydrogen (secondary N) is 1. The van der Waals surface area contributed by atoms with Crippen molar-refractivity contribution < 1.29 is 13.2 Å². The number of amides is 1. The van der Waals surface area contributed by atoms with Gasteiger partial charge in [0.2, 0.25) is 5.91 Å². The van der Waals surface area contributed by atoms with E-state index in [1.54, 1.807) is 18.2 Å². The standard InChI is InChI=1S/C18H20ClNO3S/c1-14-9-10-16(19)12-17(14)20-18(21)13-24(22,23)11-5-8-15-6-3-2-4-7-15/h2-4,6-7,9-10,12H,5,8,11,13H2,1H3,(H,20,21). The van der Waals surface area contributed by atoms with Crippen LogP contribution in [0.5, 0.6) is 0 Å². The first-order valence-corrected chi connectivity index (χ1v) is 9.86. The van der Waals surface area contributed by atoms with Gasteiger partial charge in [-0.2, -0.15) is 0 Å². The maximum Gasteiger partial charge on any atom is 0.239 e. The van der Waals surface area contributed by atoms with Gasteiger partial charge in [-0.05, 0) is 43.0 Å². The number of carbonyl (C=O) groups excluding carboxylic acids is 1. The second-order valence-corrected chi connectivity index (χ2v) is 8.31. The molecule has 128 valence electrons. The van der Waals surface area contributed by atoms with Crippen molar-refractivity contribution in [1.29, 1.82) is 0 Å². The molecule has 24 heavy (non-hydrogen) atoms. The molecule has 0 spiro atoms. The third kappa shape index (κ3) is 5.98. The van der Waals surface area contributed by atoms with E-state index in [1.807, 2.05) is 37.3 Å². The fourth-order valence-electron chi connectivity index (χ4n) is 2.33. The van der Waals surface area contributed by atoms with Crippen LogP contribution in [0, 0.1) is 6.92 Å². The first-order chi connectivity index (χ1) is 11.4. The Morgan fingerprint density at radius 1 is 1.12 bits per heavy atom. The largest absolute Gasteiger partial charge is 0.325 e. The second-order valence-electron chi connectivity index (χ2n) is 5.69. The second kappa shape index (κ2) is 8.31. The smallest absolute Gasteiger partial charge is 0.239 e. The summed E-state index contributed by atoms with van der Waals surface area (Å²) in [7, 11) is -3.44. The van der Waals surface area contributed by atoms with Crippen LogP contribution in [0.2, 0.25) is 5.02 Å². The molecule has 0 heterocycles. The predicted molar refractivity (Wildman–Crippen MR) is 98.2 cm³/mol. The average molecular weight is 366 g/mol. The zero-order chi connectivity index (χ0) is 17.6. The molecule has 2 rings (SSSR count). The van der Waals surface area contributed by atoms with Gasteiger partial charge in [0.05, 0.1) is 5.75 Å². The Balaban J connectivity index is 1.86. The highest BCUT2D eigenvalue weighted by Crippen LogP contribution is 2.20. The van der Waals surface area contributed by atoms with Gasteiger partial charge in [0.15, 0.2) is 9.84 Å². The van der Waals surface area contributed by atoms with Gasteiger partial charge in [0.1, 0.15) is 5.75 Å². The lowest BCUT2D eigenvalue weighted by Gasteiger charge is -2.09. The molecule has 6 heteroatoms. The molecule has 0 saturated carbocycles. The van der Waals surface area contributed by atoms with E-state index in [9.17, 15) is 13.2 Å². The number of rotatable bonds is 7. The Hall–Kier alpha value is -1.85. The lowest BCUT2D eigenvalue weighted by atomic mass is 10.1. The first-order valence-electron chi connectivity index (χ1n) is 7.66. The van der Waals surface area contributed by atoms with Crippen LogP contribution in [0.1, 0.15) is 17.5 Å². The number of benzene rings is 2. The molecule has 0 aliphatic carbocycles. The summed E-state index contributed by atoms with van der Waals surface area (Å²) >= 11 is 5.89. The highest BCUT2D eigenvalue weighted by molar-refractivity contribution is 7.92.